The molecular formula is C44H69FO2. The zero-order valence-corrected chi connectivity index (χ0v) is 30.3. The van der Waals surface area contributed by atoms with Gasteiger partial charge in [-0.05, 0) is 133 Å². The van der Waals surface area contributed by atoms with Crippen LogP contribution < -0.4 is 0 Å². The molecule has 2 aromatic rings. The number of fused-ring (bicyclic) bond motifs is 5. The molecule has 0 saturated heterocycles. The van der Waals surface area contributed by atoms with E-state index in [1.54, 1.807) is 6.07 Å². The molecule has 0 aliphatic heterocycles. The number of hydrogen-bond acceptors (Lipinski definition) is 2. The van der Waals surface area contributed by atoms with Crippen molar-refractivity contribution in [2.24, 2.45) is 58.2 Å². The van der Waals surface area contributed by atoms with Crippen LogP contribution in [0.4, 0.5) is 4.39 Å². The standard InChI is InChI=1S/C26H46O2.C17H19F.CH4/c1-16(2)6-7-17(3)20-8-9-21-24-22(11-13-26(20,21)5)25(4)12-10-19(27)14-18(25)15-23(24)28;1-12(2)13(3)15-9-10-16(17(18)11-15)14-7-5-4-6-8-14;/h16-24,27-28H,6-15H2,1-5H3;4-13H,1-3H3;1H4/t17?,18?,19-,20-,21?,22?,23?,24?,25?,26?;;/m1../s1. The van der Waals surface area contributed by atoms with Gasteiger partial charge in [-0.15, -0.1) is 0 Å². The minimum atomic E-state index is -0.136. The molecule has 4 saturated carbocycles. The van der Waals surface area contributed by atoms with Gasteiger partial charge in [0.15, 0.2) is 0 Å². The van der Waals surface area contributed by atoms with E-state index in [-0.39, 0.29) is 25.5 Å². The van der Waals surface area contributed by atoms with Crippen LogP contribution in [0.1, 0.15) is 139 Å². The highest BCUT2D eigenvalue weighted by Gasteiger charge is 2.62. The second-order valence-corrected chi connectivity index (χ2v) is 17.5. The van der Waals surface area contributed by atoms with Gasteiger partial charge in [-0.1, -0.05) is 118 Å². The van der Waals surface area contributed by atoms with Crippen LogP contribution in [-0.2, 0) is 0 Å². The summed E-state index contributed by atoms with van der Waals surface area (Å²) in [7, 11) is 0. The highest BCUT2D eigenvalue weighted by atomic mass is 19.1. The van der Waals surface area contributed by atoms with Crippen LogP contribution in [0, 0.1) is 64.0 Å². The molecule has 47 heavy (non-hydrogen) atoms. The summed E-state index contributed by atoms with van der Waals surface area (Å²) in [5.74, 6) is 5.68. The minimum Gasteiger partial charge on any atom is -0.393 e. The van der Waals surface area contributed by atoms with Crippen LogP contribution in [0.5, 0.6) is 0 Å². The summed E-state index contributed by atoms with van der Waals surface area (Å²) in [5.41, 5.74) is 3.47. The molecule has 2 aromatic carbocycles. The van der Waals surface area contributed by atoms with Gasteiger partial charge in [-0.2, -0.15) is 0 Å². The fraction of sp³-hybridized carbons (Fsp3) is 0.727. The highest BCUT2D eigenvalue weighted by Crippen LogP contribution is 2.68. The van der Waals surface area contributed by atoms with Crippen LogP contribution in [0.15, 0.2) is 48.5 Å². The average Bonchev–Trinajstić information content (AvgIpc) is 3.38. The molecule has 4 aliphatic rings. The van der Waals surface area contributed by atoms with Crippen LogP contribution in [-0.4, -0.2) is 22.4 Å². The van der Waals surface area contributed by atoms with E-state index in [0.29, 0.717) is 46.0 Å². The maximum absolute atomic E-state index is 14.2. The van der Waals surface area contributed by atoms with Gasteiger partial charge >= 0.3 is 0 Å². The fourth-order valence-electron chi connectivity index (χ4n) is 11.0. The van der Waals surface area contributed by atoms with E-state index in [1.165, 1.54) is 44.9 Å². The first-order valence-corrected chi connectivity index (χ1v) is 19.0. The predicted octanol–water partition coefficient (Wildman–Crippen LogP) is 11.9. The first-order chi connectivity index (χ1) is 21.8. The number of aliphatic hydroxyl groups is 2. The fourth-order valence-corrected chi connectivity index (χ4v) is 11.0. The molecule has 2 nitrogen and oxygen atoms in total. The largest absolute Gasteiger partial charge is 0.393 e. The summed E-state index contributed by atoms with van der Waals surface area (Å²) >= 11 is 0. The Labute approximate surface area is 288 Å². The number of halogens is 1. The topological polar surface area (TPSA) is 40.5 Å². The zero-order chi connectivity index (χ0) is 33.4. The van der Waals surface area contributed by atoms with E-state index in [2.05, 4.69) is 55.4 Å². The van der Waals surface area contributed by atoms with Gasteiger partial charge in [0.1, 0.15) is 5.82 Å². The van der Waals surface area contributed by atoms with Gasteiger partial charge in [0.2, 0.25) is 0 Å². The summed E-state index contributed by atoms with van der Waals surface area (Å²) < 4.78 is 14.2. The third-order valence-electron chi connectivity index (χ3n) is 14.2. The van der Waals surface area contributed by atoms with E-state index in [4.69, 9.17) is 0 Å². The molecule has 0 bridgehead atoms. The third-order valence-corrected chi connectivity index (χ3v) is 14.2. The number of rotatable bonds is 7. The van der Waals surface area contributed by atoms with E-state index in [1.807, 2.05) is 42.5 Å². The van der Waals surface area contributed by atoms with Gasteiger partial charge in [0.25, 0.3) is 0 Å². The lowest BCUT2D eigenvalue weighted by Crippen LogP contribution is -2.58. The molecule has 264 valence electrons. The van der Waals surface area contributed by atoms with Crippen molar-refractivity contribution in [3.8, 4) is 11.1 Å². The molecule has 0 aromatic heterocycles. The Morgan fingerprint density at radius 1 is 0.787 bits per heavy atom. The molecule has 0 radical (unpaired) electrons. The second-order valence-electron chi connectivity index (χ2n) is 17.5. The van der Waals surface area contributed by atoms with Gasteiger partial charge in [0, 0.05) is 5.56 Å². The molecule has 0 spiro atoms. The molecular weight excluding hydrogens is 579 g/mol. The summed E-state index contributed by atoms with van der Waals surface area (Å²) in [6.07, 6.45) is 11.9. The Bertz CT molecular complexity index is 1270. The lowest BCUT2D eigenvalue weighted by molar-refractivity contribution is -0.174. The van der Waals surface area contributed by atoms with Crippen LogP contribution in [0.25, 0.3) is 11.1 Å². The Balaban J connectivity index is 0.000000229. The Morgan fingerprint density at radius 2 is 1.45 bits per heavy atom. The van der Waals surface area contributed by atoms with Crippen molar-refractivity contribution in [2.45, 2.75) is 145 Å². The lowest BCUT2D eigenvalue weighted by atomic mass is 9.43. The summed E-state index contributed by atoms with van der Waals surface area (Å²) in [4.78, 5) is 0. The van der Waals surface area contributed by atoms with Crippen LogP contribution >= 0.6 is 0 Å². The van der Waals surface area contributed by atoms with E-state index >= 15 is 0 Å². The molecule has 0 heterocycles. The normalized spacial score (nSPS) is 35.9. The van der Waals surface area contributed by atoms with Crippen molar-refractivity contribution < 1.29 is 14.6 Å². The Kier molecular flexibility index (Phi) is 12.5. The number of benzene rings is 2. The second kappa shape index (κ2) is 15.5. The smallest absolute Gasteiger partial charge is 0.131 e. The molecule has 4 fully saturated rings. The maximum Gasteiger partial charge on any atom is 0.131 e. The lowest BCUT2D eigenvalue weighted by Gasteiger charge is -2.62. The summed E-state index contributed by atoms with van der Waals surface area (Å²) in [6, 6.07) is 15.3. The van der Waals surface area contributed by atoms with Crippen molar-refractivity contribution in [3.63, 3.8) is 0 Å². The van der Waals surface area contributed by atoms with Crippen molar-refractivity contribution in [1.82, 2.24) is 0 Å². The van der Waals surface area contributed by atoms with Gasteiger partial charge in [-0.25, -0.2) is 4.39 Å². The molecule has 6 rings (SSSR count). The van der Waals surface area contributed by atoms with E-state index in [9.17, 15) is 14.6 Å². The first-order valence-electron chi connectivity index (χ1n) is 19.0. The van der Waals surface area contributed by atoms with Crippen molar-refractivity contribution >= 4 is 0 Å². The molecule has 2 N–H and O–H groups in total. The SMILES string of the molecule is C.CC(C)C(C)c1ccc(-c2ccccc2)c(F)c1.CC(C)CCC(C)[C@H]1CCC2C3C(O)CC4C[C@H](O)CCC4(C)C3CCC21C. The zero-order valence-electron chi connectivity index (χ0n) is 30.3. The highest BCUT2D eigenvalue weighted by molar-refractivity contribution is 5.64. The molecule has 11 atom stereocenters. The van der Waals surface area contributed by atoms with Crippen molar-refractivity contribution in [1.29, 1.82) is 0 Å². The van der Waals surface area contributed by atoms with Crippen LogP contribution in [0.3, 0.4) is 0 Å². The van der Waals surface area contributed by atoms with E-state index in [0.717, 1.165) is 54.1 Å². The first kappa shape index (κ1) is 38.1. The van der Waals surface area contributed by atoms with E-state index < -0.39 is 0 Å². The number of hydrogen-bond donors (Lipinski definition) is 2. The van der Waals surface area contributed by atoms with Crippen molar-refractivity contribution in [2.75, 3.05) is 0 Å². The Morgan fingerprint density at radius 3 is 2.09 bits per heavy atom. The van der Waals surface area contributed by atoms with Gasteiger partial charge in [0.05, 0.1) is 12.2 Å². The quantitative estimate of drug-likeness (QED) is 0.314. The number of aliphatic hydroxyl groups excluding tert-OH is 2. The van der Waals surface area contributed by atoms with Gasteiger partial charge in [-0.3, -0.25) is 0 Å². The summed E-state index contributed by atoms with van der Waals surface area (Å²) in [5, 5.41) is 21.6. The molecule has 9 unspecified atom stereocenters. The predicted molar refractivity (Wildman–Crippen MR) is 198 cm³/mol. The maximum atomic E-state index is 14.2. The Hall–Kier alpha value is -1.71. The average molecular weight is 649 g/mol. The third kappa shape index (κ3) is 7.72. The monoisotopic (exact) mass is 649 g/mol. The summed E-state index contributed by atoms with van der Waals surface area (Å²) in [6.45, 7) is 18.8. The molecule has 3 heteroatoms. The van der Waals surface area contributed by atoms with Gasteiger partial charge < -0.3 is 10.2 Å². The van der Waals surface area contributed by atoms with Crippen LogP contribution in [0.2, 0.25) is 0 Å². The van der Waals surface area contributed by atoms with Crippen molar-refractivity contribution in [3.05, 3.63) is 59.9 Å². The molecule has 4 aliphatic carbocycles. The minimum absolute atomic E-state index is 0. The molecule has 0 amide bonds.